The number of fused-ring (bicyclic) bond motifs is 1. The number of benzene rings is 1. The Hall–Kier alpha value is -2.08. The average Bonchev–Trinajstić information content (AvgIpc) is 3.04. The maximum Gasteiger partial charge on any atom is 0.226 e. The van der Waals surface area contributed by atoms with E-state index in [1.807, 2.05) is 0 Å². The second-order valence-electron chi connectivity index (χ2n) is 4.67. The molecular formula is C14H16N2O4. The van der Waals surface area contributed by atoms with Crippen LogP contribution in [0.4, 0.5) is 0 Å². The van der Waals surface area contributed by atoms with Crippen molar-refractivity contribution in [3.63, 3.8) is 0 Å². The van der Waals surface area contributed by atoms with Gasteiger partial charge in [-0.2, -0.15) is 4.98 Å². The van der Waals surface area contributed by atoms with Crippen LogP contribution in [0, 0.1) is 0 Å². The third-order valence-corrected chi connectivity index (χ3v) is 3.08. The van der Waals surface area contributed by atoms with E-state index in [4.69, 9.17) is 14.0 Å². The van der Waals surface area contributed by atoms with Gasteiger partial charge in [0.15, 0.2) is 6.61 Å². The van der Waals surface area contributed by atoms with Crippen molar-refractivity contribution < 1.29 is 19.1 Å². The van der Waals surface area contributed by atoms with Gasteiger partial charge in [0, 0.05) is 18.1 Å². The van der Waals surface area contributed by atoms with Crippen LogP contribution >= 0.6 is 0 Å². The summed E-state index contributed by atoms with van der Waals surface area (Å²) >= 11 is 0. The average molecular weight is 276 g/mol. The fraction of sp³-hybridized carbons (Fsp3) is 0.429. The number of nitrogens with zero attached hydrogens (tertiary/aromatic N) is 2. The molecule has 20 heavy (non-hydrogen) atoms. The highest BCUT2D eigenvalue weighted by Gasteiger charge is 2.22. The predicted octanol–water partition coefficient (Wildman–Crippen LogP) is 2.03. The van der Waals surface area contributed by atoms with Crippen molar-refractivity contribution in [1.82, 2.24) is 10.1 Å². The molecule has 1 aliphatic rings. The van der Waals surface area contributed by atoms with Crippen molar-refractivity contribution in [3.05, 3.63) is 35.5 Å². The maximum atomic E-state index is 9.64. The Kier molecular flexibility index (Phi) is 3.56. The van der Waals surface area contributed by atoms with Crippen LogP contribution in [0.2, 0.25) is 0 Å². The Balaban J connectivity index is 1.63. The van der Waals surface area contributed by atoms with Gasteiger partial charge in [0.2, 0.25) is 11.7 Å². The van der Waals surface area contributed by atoms with Gasteiger partial charge in [0.1, 0.15) is 24.2 Å². The second-order valence-corrected chi connectivity index (χ2v) is 4.67. The van der Waals surface area contributed by atoms with Crippen molar-refractivity contribution in [2.45, 2.75) is 32.5 Å². The van der Waals surface area contributed by atoms with Crippen molar-refractivity contribution >= 4 is 0 Å². The highest BCUT2D eigenvalue weighted by molar-refractivity contribution is 5.44. The van der Waals surface area contributed by atoms with Crippen LogP contribution in [0.25, 0.3) is 0 Å². The van der Waals surface area contributed by atoms with Crippen LogP contribution < -0.4 is 9.47 Å². The molecule has 0 bridgehead atoms. The molecule has 0 saturated heterocycles. The van der Waals surface area contributed by atoms with E-state index in [2.05, 4.69) is 17.1 Å². The molecular weight excluding hydrogens is 260 g/mol. The van der Waals surface area contributed by atoms with Crippen molar-refractivity contribution in [3.8, 4) is 11.5 Å². The molecule has 6 nitrogen and oxygen atoms in total. The minimum absolute atomic E-state index is 0.245. The third-order valence-electron chi connectivity index (χ3n) is 3.08. The lowest BCUT2D eigenvalue weighted by Crippen LogP contribution is -1.98. The Morgan fingerprint density at radius 3 is 3.20 bits per heavy atom. The number of aromatic nitrogens is 2. The number of aryl methyl sites for hydroxylation is 1. The molecule has 106 valence electrons. The van der Waals surface area contributed by atoms with Gasteiger partial charge in [-0.25, -0.2) is 0 Å². The van der Waals surface area contributed by atoms with E-state index in [0.29, 0.717) is 29.8 Å². The highest BCUT2D eigenvalue weighted by Crippen LogP contribution is 2.35. The summed E-state index contributed by atoms with van der Waals surface area (Å²) in [4.78, 5) is 4.23. The second kappa shape index (κ2) is 5.50. The largest absolute Gasteiger partial charge is 0.490 e. The van der Waals surface area contributed by atoms with E-state index in [1.165, 1.54) is 0 Å². The zero-order valence-electron chi connectivity index (χ0n) is 11.2. The van der Waals surface area contributed by atoms with E-state index in [1.54, 1.807) is 18.2 Å². The van der Waals surface area contributed by atoms with Crippen LogP contribution in [0.3, 0.4) is 0 Å². The van der Waals surface area contributed by atoms with E-state index in [-0.39, 0.29) is 6.61 Å². The van der Waals surface area contributed by atoms with Gasteiger partial charge in [-0.05, 0) is 18.6 Å². The molecule has 6 heteroatoms. The summed E-state index contributed by atoms with van der Waals surface area (Å²) in [5.74, 6) is 2.47. The van der Waals surface area contributed by atoms with Crippen LogP contribution in [-0.2, 0) is 13.0 Å². The molecule has 2 aromatic rings. The molecule has 1 N–H and O–H groups in total. The molecule has 0 radical (unpaired) electrons. The summed E-state index contributed by atoms with van der Waals surface area (Å²) in [6, 6.07) is 5.36. The first kappa shape index (κ1) is 12.9. The first-order chi connectivity index (χ1) is 9.76. The van der Waals surface area contributed by atoms with Gasteiger partial charge >= 0.3 is 0 Å². The molecule has 1 unspecified atom stereocenters. The van der Waals surface area contributed by atoms with E-state index in [0.717, 1.165) is 18.4 Å². The van der Waals surface area contributed by atoms with E-state index in [9.17, 15) is 5.11 Å². The predicted molar refractivity (Wildman–Crippen MR) is 69.5 cm³/mol. The summed E-state index contributed by atoms with van der Waals surface area (Å²) in [5, 5.41) is 13.5. The van der Waals surface area contributed by atoms with Crippen molar-refractivity contribution in [1.29, 1.82) is 0 Å². The number of rotatable bonds is 5. The lowest BCUT2D eigenvalue weighted by Gasteiger charge is -2.05. The summed E-state index contributed by atoms with van der Waals surface area (Å²) in [6.07, 6.45) is 1.19. The highest BCUT2D eigenvalue weighted by atomic mass is 16.5. The normalized spacial score (nSPS) is 16.8. The van der Waals surface area contributed by atoms with Crippen LogP contribution in [0.1, 0.15) is 36.7 Å². The first-order valence-corrected chi connectivity index (χ1v) is 6.65. The van der Waals surface area contributed by atoms with Gasteiger partial charge in [-0.3, -0.25) is 0 Å². The van der Waals surface area contributed by atoms with Gasteiger partial charge in [0.05, 0.1) is 0 Å². The summed E-state index contributed by atoms with van der Waals surface area (Å²) in [7, 11) is 0. The molecule has 0 fully saturated rings. The smallest absolute Gasteiger partial charge is 0.226 e. The lowest BCUT2D eigenvalue weighted by molar-refractivity contribution is 0.140. The quantitative estimate of drug-likeness (QED) is 0.900. The zero-order valence-corrected chi connectivity index (χ0v) is 11.2. The summed E-state index contributed by atoms with van der Waals surface area (Å²) in [6.45, 7) is 2.60. The lowest BCUT2D eigenvalue weighted by atomic mass is 10.1. The van der Waals surface area contributed by atoms with Crippen LogP contribution in [-0.4, -0.2) is 21.9 Å². The molecule has 1 aromatic heterocycles. The number of ether oxygens (including phenoxy) is 2. The Morgan fingerprint density at radius 1 is 1.45 bits per heavy atom. The maximum absolute atomic E-state index is 9.64. The van der Waals surface area contributed by atoms with Crippen molar-refractivity contribution in [2.75, 3.05) is 6.61 Å². The molecule has 0 aliphatic carbocycles. The zero-order chi connectivity index (χ0) is 13.9. The third kappa shape index (κ3) is 2.60. The molecule has 1 atom stereocenters. The Labute approximate surface area is 116 Å². The SMILES string of the molecule is CCCc1nc(COc2ccc3c(c2)OCC3O)no1. The van der Waals surface area contributed by atoms with Crippen LogP contribution in [0.15, 0.2) is 22.7 Å². The van der Waals surface area contributed by atoms with Crippen LogP contribution in [0.5, 0.6) is 11.5 Å². The molecule has 3 rings (SSSR count). The molecule has 0 amide bonds. The molecule has 1 aromatic carbocycles. The van der Waals surface area contributed by atoms with Gasteiger partial charge in [0.25, 0.3) is 0 Å². The van der Waals surface area contributed by atoms with E-state index < -0.39 is 6.10 Å². The Bertz CT molecular complexity index is 597. The minimum Gasteiger partial charge on any atom is -0.490 e. The minimum atomic E-state index is -0.548. The summed E-state index contributed by atoms with van der Waals surface area (Å²) < 4.78 is 16.0. The number of hydrogen-bond donors (Lipinski definition) is 1. The number of aliphatic hydroxyl groups is 1. The standard InChI is InChI=1S/C14H16N2O4/c1-2-3-14-15-13(16-20-14)8-18-9-4-5-10-11(17)7-19-12(10)6-9/h4-6,11,17H,2-3,7-8H2,1H3. The molecule has 1 aliphatic heterocycles. The number of aliphatic hydroxyl groups excluding tert-OH is 1. The van der Waals surface area contributed by atoms with Gasteiger partial charge < -0.3 is 19.1 Å². The molecule has 0 saturated carbocycles. The van der Waals surface area contributed by atoms with Gasteiger partial charge in [-0.15, -0.1) is 0 Å². The molecule has 2 heterocycles. The topological polar surface area (TPSA) is 77.6 Å². The fourth-order valence-electron chi connectivity index (χ4n) is 2.08. The van der Waals surface area contributed by atoms with Crippen molar-refractivity contribution in [2.24, 2.45) is 0 Å². The fourth-order valence-corrected chi connectivity index (χ4v) is 2.08. The Morgan fingerprint density at radius 2 is 2.35 bits per heavy atom. The van der Waals surface area contributed by atoms with E-state index >= 15 is 0 Å². The number of hydrogen-bond acceptors (Lipinski definition) is 6. The summed E-state index contributed by atoms with van der Waals surface area (Å²) in [5.41, 5.74) is 0.794. The first-order valence-electron chi connectivity index (χ1n) is 6.65. The monoisotopic (exact) mass is 276 g/mol. The molecule has 0 spiro atoms. The van der Waals surface area contributed by atoms with Gasteiger partial charge in [-0.1, -0.05) is 12.1 Å².